The van der Waals surface area contributed by atoms with Crippen LogP contribution >= 0.6 is 23.5 Å². The van der Waals surface area contributed by atoms with E-state index in [-0.39, 0.29) is 0 Å². The zero-order valence-electron chi connectivity index (χ0n) is 5.93. The summed E-state index contributed by atoms with van der Waals surface area (Å²) in [6.07, 6.45) is 4.22. The molecule has 0 N–H and O–H groups in total. The fourth-order valence-electron chi connectivity index (χ4n) is 0.917. The first-order valence-corrected chi connectivity index (χ1v) is 5.76. The van der Waals surface area contributed by atoms with Crippen molar-refractivity contribution in [3.8, 4) is 0 Å². The van der Waals surface area contributed by atoms with Crippen LogP contribution in [0, 0.1) is 0 Å². The summed E-state index contributed by atoms with van der Waals surface area (Å²) in [6.45, 7) is 2.29. The van der Waals surface area contributed by atoms with Gasteiger partial charge in [-0.2, -0.15) is 0 Å². The van der Waals surface area contributed by atoms with Gasteiger partial charge in [-0.1, -0.05) is 6.92 Å². The predicted molar refractivity (Wildman–Crippen MR) is 48.2 cm³/mol. The summed E-state index contributed by atoms with van der Waals surface area (Å²) in [4.78, 5) is 0. The van der Waals surface area contributed by atoms with Crippen molar-refractivity contribution in [1.82, 2.24) is 0 Å². The zero-order valence-corrected chi connectivity index (χ0v) is 7.56. The van der Waals surface area contributed by atoms with Crippen molar-refractivity contribution in [2.45, 2.75) is 30.8 Å². The van der Waals surface area contributed by atoms with Crippen molar-refractivity contribution in [3.63, 3.8) is 0 Å². The molecular formula is C7H14S2. The standard InChI is InChI=1S/C7H14S2/c1-2-7-8-5-3-4-6-9-7/h7H,2-6H2,1H3. The Morgan fingerprint density at radius 2 is 1.78 bits per heavy atom. The Morgan fingerprint density at radius 3 is 2.22 bits per heavy atom. The highest BCUT2D eigenvalue weighted by Crippen LogP contribution is 2.31. The molecule has 0 aromatic heterocycles. The Hall–Kier alpha value is 0.700. The van der Waals surface area contributed by atoms with Crippen molar-refractivity contribution in [1.29, 1.82) is 0 Å². The SMILES string of the molecule is CCC1SCCCCS1. The van der Waals surface area contributed by atoms with Crippen LogP contribution in [0.5, 0.6) is 0 Å². The summed E-state index contributed by atoms with van der Waals surface area (Å²) in [5.74, 6) is 2.79. The lowest BCUT2D eigenvalue weighted by Gasteiger charge is -2.07. The van der Waals surface area contributed by atoms with E-state index in [2.05, 4.69) is 30.4 Å². The summed E-state index contributed by atoms with van der Waals surface area (Å²) in [5.41, 5.74) is 0. The van der Waals surface area contributed by atoms with E-state index in [1.54, 1.807) is 0 Å². The molecule has 0 amide bonds. The first kappa shape index (κ1) is 7.80. The Bertz CT molecular complexity index is 65.3. The highest BCUT2D eigenvalue weighted by molar-refractivity contribution is 8.17. The molecule has 1 aliphatic rings. The quantitative estimate of drug-likeness (QED) is 0.581. The molecule has 9 heavy (non-hydrogen) atoms. The molecule has 0 atom stereocenters. The minimum atomic E-state index is 0.910. The van der Waals surface area contributed by atoms with Gasteiger partial charge in [0.2, 0.25) is 0 Å². The van der Waals surface area contributed by atoms with Crippen LogP contribution in [0.25, 0.3) is 0 Å². The molecule has 1 heterocycles. The van der Waals surface area contributed by atoms with E-state index >= 15 is 0 Å². The van der Waals surface area contributed by atoms with Gasteiger partial charge >= 0.3 is 0 Å². The minimum Gasteiger partial charge on any atom is -0.148 e. The van der Waals surface area contributed by atoms with Crippen molar-refractivity contribution >= 4 is 23.5 Å². The minimum absolute atomic E-state index is 0.910. The molecule has 0 saturated carbocycles. The smallest absolute Gasteiger partial charge is 0.0499 e. The molecule has 0 bridgehead atoms. The molecule has 1 fully saturated rings. The van der Waals surface area contributed by atoms with Crippen molar-refractivity contribution in [2.24, 2.45) is 0 Å². The highest BCUT2D eigenvalue weighted by atomic mass is 32.2. The Morgan fingerprint density at radius 1 is 1.22 bits per heavy atom. The highest BCUT2D eigenvalue weighted by Gasteiger charge is 2.09. The Kier molecular flexibility index (Phi) is 3.91. The largest absolute Gasteiger partial charge is 0.148 e. The summed E-state index contributed by atoms with van der Waals surface area (Å²) < 4.78 is 0.910. The molecule has 0 aromatic carbocycles. The van der Waals surface area contributed by atoms with Gasteiger partial charge in [-0.3, -0.25) is 0 Å². The van der Waals surface area contributed by atoms with E-state index in [0.29, 0.717) is 0 Å². The molecule has 1 aliphatic heterocycles. The van der Waals surface area contributed by atoms with Crippen LogP contribution in [-0.4, -0.2) is 16.1 Å². The van der Waals surface area contributed by atoms with E-state index in [9.17, 15) is 0 Å². The number of hydrogen-bond donors (Lipinski definition) is 0. The van der Waals surface area contributed by atoms with Gasteiger partial charge in [0.25, 0.3) is 0 Å². The van der Waals surface area contributed by atoms with Crippen molar-refractivity contribution in [3.05, 3.63) is 0 Å². The van der Waals surface area contributed by atoms with Crippen LogP contribution in [0.15, 0.2) is 0 Å². The van der Waals surface area contributed by atoms with Crippen LogP contribution < -0.4 is 0 Å². The summed E-state index contributed by atoms with van der Waals surface area (Å²) in [5, 5.41) is 0. The Labute approximate surface area is 66.2 Å². The maximum atomic E-state index is 2.29. The van der Waals surface area contributed by atoms with Crippen LogP contribution in [0.3, 0.4) is 0 Å². The normalized spacial score (nSPS) is 23.7. The van der Waals surface area contributed by atoms with E-state index in [4.69, 9.17) is 0 Å². The second-order valence-electron chi connectivity index (χ2n) is 2.29. The molecule has 2 heteroatoms. The lowest BCUT2D eigenvalue weighted by Crippen LogP contribution is -1.92. The van der Waals surface area contributed by atoms with E-state index < -0.39 is 0 Å². The monoisotopic (exact) mass is 162 g/mol. The summed E-state index contributed by atoms with van der Waals surface area (Å²) in [7, 11) is 0. The van der Waals surface area contributed by atoms with Crippen molar-refractivity contribution in [2.75, 3.05) is 11.5 Å². The molecule has 0 aromatic rings. The average Bonchev–Trinajstić information content (AvgIpc) is 2.13. The molecule has 1 saturated heterocycles. The van der Waals surface area contributed by atoms with E-state index in [0.717, 1.165) is 4.58 Å². The van der Waals surface area contributed by atoms with Gasteiger partial charge in [-0.05, 0) is 30.8 Å². The van der Waals surface area contributed by atoms with Gasteiger partial charge in [0.1, 0.15) is 0 Å². The molecule has 0 aliphatic carbocycles. The average molecular weight is 162 g/mol. The summed E-state index contributed by atoms with van der Waals surface area (Å²) in [6, 6.07) is 0. The molecule has 0 nitrogen and oxygen atoms in total. The first-order chi connectivity index (χ1) is 4.43. The van der Waals surface area contributed by atoms with E-state index in [1.807, 2.05) is 0 Å². The topological polar surface area (TPSA) is 0 Å². The molecule has 0 unspecified atom stereocenters. The van der Waals surface area contributed by atoms with Crippen LogP contribution in [0.1, 0.15) is 26.2 Å². The number of hydrogen-bond acceptors (Lipinski definition) is 2. The Balaban J connectivity index is 2.18. The maximum Gasteiger partial charge on any atom is 0.0499 e. The molecule has 54 valence electrons. The number of rotatable bonds is 1. The van der Waals surface area contributed by atoms with Gasteiger partial charge < -0.3 is 0 Å². The predicted octanol–water partition coefficient (Wildman–Crippen LogP) is 2.98. The fourth-order valence-corrected chi connectivity index (χ4v) is 3.62. The van der Waals surface area contributed by atoms with Crippen LogP contribution in [0.2, 0.25) is 0 Å². The molecular weight excluding hydrogens is 148 g/mol. The first-order valence-electron chi connectivity index (χ1n) is 3.66. The number of thioether (sulfide) groups is 2. The lowest BCUT2D eigenvalue weighted by molar-refractivity contribution is 0.912. The van der Waals surface area contributed by atoms with Crippen LogP contribution in [-0.2, 0) is 0 Å². The molecule has 1 rings (SSSR count). The fraction of sp³-hybridized carbons (Fsp3) is 1.00. The third kappa shape index (κ3) is 2.85. The second-order valence-corrected chi connectivity index (χ2v) is 5.21. The zero-order chi connectivity index (χ0) is 6.53. The molecule has 0 radical (unpaired) electrons. The maximum absolute atomic E-state index is 2.29. The van der Waals surface area contributed by atoms with Crippen LogP contribution in [0.4, 0.5) is 0 Å². The third-order valence-electron chi connectivity index (χ3n) is 1.48. The van der Waals surface area contributed by atoms with Crippen molar-refractivity contribution < 1.29 is 0 Å². The summed E-state index contributed by atoms with van der Waals surface area (Å²) >= 11 is 4.29. The van der Waals surface area contributed by atoms with Gasteiger partial charge in [0.05, 0.1) is 0 Å². The lowest BCUT2D eigenvalue weighted by atomic mass is 10.4. The van der Waals surface area contributed by atoms with E-state index in [1.165, 1.54) is 30.8 Å². The third-order valence-corrected chi connectivity index (χ3v) is 4.75. The van der Waals surface area contributed by atoms with Gasteiger partial charge in [0, 0.05) is 4.58 Å². The second kappa shape index (κ2) is 4.51. The van der Waals surface area contributed by atoms with Gasteiger partial charge in [-0.15, -0.1) is 23.5 Å². The van der Waals surface area contributed by atoms with Gasteiger partial charge in [-0.25, -0.2) is 0 Å². The molecule has 0 spiro atoms. The van der Waals surface area contributed by atoms with Gasteiger partial charge in [0.15, 0.2) is 0 Å².